The second-order valence-corrected chi connectivity index (χ2v) is 6.02. The summed E-state index contributed by atoms with van der Waals surface area (Å²) in [5.41, 5.74) is 10.4. The van der Waals surface area contributed by atoms with E-state index < -0.39 is 20.8 Å². The molecule has 0 spiro atoms. The summed E-state index contributed by atoms with van der Waals surface area (Å²) in [5.74, 6) is -0.655. The van der Waals surface area contributed by atoms with Crippen molar-refractivity contribution in [2.24, 2.45) is 11.5 Å². The van der Waals surface area contributed by atoms with Gasteiger partial charge in [0.1, 0.15) is 15.9 Å². The number of benzene rings is 2. The molecule has 0 heterocycles. The van der Waals surface area contributed by atoms with Gasteiger partial charge in [-0.05, 0) is 36.4 Å². The highest BCUT2D eigenvalue weighted by molar-refractivity contribution is 7.85. The molecule has 0 radical (unpaired) electrons. The third-order valence-electron chi connectivity index (χ3n) is 2.37. The van der Waals surface area contributed by atoms with Crippen molar-refractivity contribution in [2.75, 3.05) is 19.0 Å². The molecule has 0 saturated heterocycles. The van der Waals surface area contributed by atoms with Crippen LogP contribution in [0.25, 0.3) is 0 Å². The first-order valence-corrected chi connectivity index (χ1v) is 8.02. The van der Waals surface area contributed by atoms with E-state index in [9.17, 15) is 17.4 Å². The van der Waals surface area contributed by atoms with Crippen LogP contribution in [0, 0.1) is 5.82 Å². The second-order valence-electron chi connectivity index (χ2n) is 4.64. The molecule has 2 aromatic rings. The molecule has 24 heavy (non-hydrogen) atoms. The van der Waals surface area contributed by atoms with Crippen molar-refractivity contribution in [3.63, 3.8) is 0 Å². The lowest BCUT2D eigenvalue weighted by Gasteiger charge is -2.10. The SMILES string of the molecule is CN(C)c1ccccc1.NC(N)=[NH2+].O=S(=O)([O-])c1ccc(F)cc1. The number of para-hydroxylation sites is 1. The number of guanidine groups is 1. The second kappa shape index (κ2) is 10.2. The zero-order chi connectivity index (χ0) is 18.8. The molecule has 6 N–H and O–H groups in total. The molecule has 0 aliphatic carbocycles. The number of nitrogens with zero attached hydrogens (tertiary/aromatic N) is 1. The summed E-state index contributed by atoms with van der Waals surface area (Å²) in [4.78, 5) is 1.67. The third-order valence-corrected chi connectivity index (χ3v) is 3.22. The van der Waals surface area contributed by atoms with Gasteiger partial charge in [-0.2, -0.15) is 0 Å². The molecule has 0 aromatic heterocycles. The summed E-state index contributed by atoms with van der Waals surface area (Å²) in [6, 6.07) is 14.0. The number of hydrogen-bond donors (Lipinski definition) is 3. The van der Waals surface area contributed by atoms with E-state index in [4.69, 9.17) is 0 Å². The predicted octanol–water partition coefficient (Wildman–Crippen LogP) is -0.499. The molecule has 0 unspecified atom stereocenters. The van der Waals surface area contributed by atoms with Crippen LogP contribution in [0.4, 0.5) is 10.1 Å². The van der Waals surface area contributed by atoms with Crippen LogP contribution in [-0.2, 0) is 10.1 Å². The average Bonchev–Trinajstić information content (AvgIpc) is 2.47. The molecular weight excluding hydrogens is 335 g/mol. The van der Waals surface area contributed by atoms with E-state index in [0.717, 1.165) is 24.3 Å². The van der Waals surface area contributed by atoms with Crippen molar-refractivity contribution in [3.8, 4) is 0 Å². The Balaban J connectivity index is 0.000000367. The zero-order valence-corrected chi connectivity index (χ0v) is 14.2. The molecule has 0 saturated carbocycles. The van der Waals surface area contributed by atoms with Gasteiger partial charge in [-0.15, -0.1) is 0 Å². The Morgan fingerprint density at radius 1 is 1.04 bits per heavy atom. The summed E-state index contributed by atoms with van der Waals surface area (Å²) >= 11 is 0. The van der Waals surface area contributed by atoms with E-state index in [0.29, 0.717) is 0 Å². The number of hydrogen-bond acceptors (Lipinski definition) is 4. The van der Waals surface area contributed by atoms with E-state index >= 15 is 0 Å². The van der Waals surface area contributed by atoms with Crippen molar-refractivity contribution in [3.05, 3.63) is 60.4 Å². The highest BCUT2D eigenvalue weighted by Crippen LogP contribution is 2.08. The van der Waals surface area contributed by atoms with Gasteiger partial charge in [0.25, 0.3) is 0 Å². The number of rotatable bonds is 2. The van der Waals surface area contributed by atoms with Crippen LogP contribution in [-0.4, -0.2) is 33.0 Å². The molecule has 0 aliphatic rings. The van der Waals surface area contributed by atoms with E-state index in [-0.39, 0.29) is 5.96 Å². The fourth-order valence-electron chi connectivity index (χ4n) is 1.33. The van der Waals surface area contributed by atoms with Crippen LogP contribution >= 0.6 is 0 Å². The van der Waals surface area contributed by atoms with Crippen molar-refractivity contribution >= 4 is 21.8 Å². The van der Waals surface area contributed by atoms with Crippen molar-refractivity contribution < 1.29 is 22.8 Å². The topological polar surface area (TPSA) is 138 Å². The van der Waals surface area contributed by atoms with E-state index in [1.165, 1.54) is 5.69 Å². The molecular formula is C15H21FN4O3S. The van der Waals surface area contributed by atoms with Gasteiger partial charge in [-0.25, -0.2) is 12.8 Å². The van der Waals surface area contributed by atoms with Gasteiger partial charge in [0.2, 0.25) is 0 Å². The Morgan fingerprint density at radius 2 is 1.46 bits per heavy atom. The fourth-order valence-corrected chi connectivity index (χ4v) is 1.80. The van der Waals surface area contributed by atoms with Gasteiger partial charge in [-0.3, -0.25) is 16.9 Å². The highest BCUT2D eigenvalue weighted by atomic mass is 32.2. The molecule has 7 nitrogen and oxygen atoms in total. The largest absolute Gasteiger partial charge is 0.744 e. The predicted molar refractivity (Wildman–Crippen MR) is 90.4 cm³/mol. The average molecular weight is 356 g/mol. The number of halogens is 1. The first kappa shape index (κ1) is 21.4. The summed E-state index contributed by atoms with van der Waals surface area (Å²) in [7, 11) is -0.362. The highest BCUT2D eigenvalue weighted by Gasteiger charge is 1.99. The summed E-state index contributed by atoms with van der Waals surface area (Å²) in [6.07, 6.45) is 0. The zero-order valence-electron chi connectivity index (χ0n) is 13.4. The summed E-state index contributed by atoms with van der Waals surface area (Å²) in [5, 5.41) is 4.58. The van der Waals surface area contributed by atoms with Gasteiger partial charge in [0.05, 0.1) is 4.90 Å². The van der Waals surface area contributed by atoms with Crippen LogP contribution in [0.5, 0.6) is 0 Å². The lowest BCUT2D eigenvalue weighted by molar-refractivity contribution is -0.116. The van der Waals surface area contributed by atoms with Gasteiger partial charge in [-0.1, -0.05) is 18.2 Å². The van der Waals surface area contributed by atoms with Crippen LogP contribution in [0.15, 0.2) is 59.5 Å². The standard InChI is InChI=1S/C8H11N.C6H5FO3S.CH5N3/c1-9(2)8-6-4-3-5-7-8;7-5-1-3-6(4-2-5)11(8,9)10;2-1(3)4/h3-7H,1-2H3;1-4H,(H,8,9,10);(H5,2,3,4). The Labute approximate surface area is 141 Å². The Kier molecular flexibility index (Phi) is 9.06. The quantitative estimate of drug-likeness (QED) is 0.377. The smallest absolute Gasteiger partial charge is 0.336 e. The normalized spacial score (nSPS) is 9.67. The molecule has 0 aliphatic heterocycles. The van der Waals surface area contributed by atoms with Crippen LogP contribution in [0.2, 0.25) is 0 Å². The number of nitrogens with two attached hydrogens (primary N) is 3. The van der Waals surface area contributed by atoms with Crippen molar-refractivity contribution in [2.45, 2.75) is 4.90 Å². The Hall–Kier alpha value is -2.65. The summed E-state index contributed by atoms with van der Waals surface area (Å²) < 4.78 is 43.0. The van der Waals surface area contributed by atoms with Crippen molar-refractivity contribution in [1.82, 2.24) is 0 Å². The maximum atomic E-state index is 12.2. The maximum absolute atomic E-state index is 12.2. The third kappa shape index (κ3) is 10.1. The molecule has 0 amide bonds. The van der Waals surface area contributed by atoms with Gasteiger partial charge < -0.3 is 9.45 Å². The minimum absolute atomic E-state index is 0.0833. The molecule has 9 heteroatoms. The van der Waals surface area contributed by atoms with E-state index in [1.54, 1.807) is 0 Å². The van der Waals surface area contributed by atoms with Crippen LogP contribution < -0.4 is 21.8 Å². The number of anilines is 1. The molecule has 2 rings (SSSR count). The molecule has 132 valence electrons. The molecule has 0 bridgehead atoms. The lowest BCUT2D eigenvalue weighted by Crippen LogP contribution is -2.51. The minimum Gasteiger partial charge on any atom is -0.744 e. The molecule has 0 atom stereocenters. The minimum atomic E-state index is -4.44. The van der Waals surface area contributed by atoms with Gasteiger partial charge in [0.15, 0.2) is 0 Å². The van der Waals surface area contributed by atoms with Crippen LogP contribution in [0.3, 0.4) is 0 Å². The first-order valence-electron chi connectivity index (χ1n) is 6.61. The fraction of sp³-hybridized carbons (Fsp3) is 0.133. The monoisotopic (exact) mass is 356 g/mol. The van der Waals surface area contributed by atoms with Gasteiger partial charge >= 0.3 is 5.96 Å². The van der Waals surface area contributed by atoms with Crippen LogP contribution in [0.1, 0.15) is 0 Å². The Bertz CT molecular complexity index is 716. The van der Waals surface area contributed by atoms with E-state index in [2.05, 4.69) is 33.9 Å². The molecule has 2 aromatic carbocycles. The summed E-state index contributed by atoms with van der Waals surface area (Å²) in [6.45, 7) is 0. The lowest BCUT2D eigenvalue weighted by atomic mass is 10.3. The molecule has 0 fully saturated rings. The van der Waals surface area contributed by atoms with E-state index in [1.807, 2.05) is 32.3 Å². The first-order chi connectivity index (χ1) is 11.0. The van der Waals surface area contributed by atoms with Gasteiger partial charge in [0, 0.05) is 19.8 Å². The maximum Gasteiger partial charge on any atom is 0.336 e. The Morgan fingerprint density at radius 3 is 1.75 bits per heavy atom. The van der Waals surface area contributed by atoms with Crippen molar-refractivity contribution in [1.29, 1.82) is 0 Å².